The fraction of sp³-hybridized carbons (Fsp3) is 0.600. The Morgan fingerprint density at radius 3 is 2.57 bits per heavy atom. The van der Waals surface area contributed by atoms with Crippen molar-refractivity contribution in [3.63, 3.8) is 0 Å². The molecule has 4 heteroatoms. The lowest BCUT2D eigenvalue weighted by Crippen LogP contribution is -2.17. The van der Waals surface area contributed by atoms with Gasteiger partial charge in [0.05, 0.1) is 17.0 Å². The van der Waals surface area contributed by atoms with Gasteiger partial charge in [-0.1, -0.05) is 0 Å². The van der Waals surface area contributed by atoms with Gasteiger partial charge in [0.2, 0.25) is 0 Å². The van der Waals surface area contributed by atoms with Crippen molar-refractivity contribution in [2.45, 2.75) is 32.1 Å². The molecule has 1 rings (SSSR count). The Hall–Kier alpha value is -0.610. The zero-order valence-corrected chi connectivity index (χ0v) is 9.85. The zero-order valence-electron chi connectivity index (χ0n) is 9.03. The van der Waals surface area contributed by atoms with Gasteiger partial charge in [-0.2, -0.15) is 11.8 Å². The molecule has 0 aliphatic carbocycles. The summed E-state index contributed by atoms with van der Waals surface area (Å²) in [5, 5.41) is 9.03. The second-order valence-corrected chi connectivity index (χ2v) is 5.13. The highest BCUT2D eigenvalue weighted by atomic mass is 32.2. The molecule has 0 saturated carbocycles. The first-order valence-corrected chi connectivity index (χ1v) is 5.73. The standard InChI is InChI=1S/C10H16N2OS/c1-7-5-8(6-13)12-9(11-7)10(2,3)14-4/h5,13H,6H2,1-4H3. The molecule has 0 amide bonds. The third kappa shape index (κ3) is 2.45. The van der Waals surface area contributed by atoms with Crippen LogP contribution < -0.4 is 0 Å². The third-order valence-electron chi connectivity index (χ3n) is 2.12. The number of hydrogen-bond donors (Lipinski definition) is 1. The maximum Gasteiger partial charge on any atom is 0.144 e. The van der Waals surface area contributed by atoms with Crippen LogP contribution in [0.5, 0.6) is 0 Å². The van der Waals surface area contributed by atoms with Crippen LogP contribution in [0.1, 0.15) is 31.1 Å². The second-order valence-electron chi connectivity index (χ2n) is 3.70. The highest BCUT2D eigenvalue weighted by molar-refractivity contribution is 7.99. The van der Waals surface area contributed by atoms with Gasteiger partial charge in [0.15, 0.2) is 0 Å². The maximum absolute atomic E-state index is 9.03. The number of hydrogen-bond acceptors (Lipinski definition) is 4. The topological polar surface area (TPSA) is 46.0 Å². The van der Waals surface area contributed by atoms with Crippen molar-refractivity contribution in [3.05, 3.63) is 23.3 Å². The van der Waals surface area contributed by atoms with E-state index in [4.69, 9.17) is 5.11 Å². The second kappa shape index (κ2) is 4.28. The summed E-state index contributed by atoms with van der Waals surface area (Å²) in [6.45, 7) is 6.04. The van der Waals surface area contributed by atoms with Crippen LogP contribution in [0.4, 0.5) is 0 Å². The van der Waals surface area contributed by atoms with E-state index in [0.717, 1.165) is 11.5 Å². The van der Waals surface area contributed by atoms with Gasteiger partial charge in [-0.3, -0.25) is 0 Å². The number of nitrogens with zero attached hydrogens (tertiary/aromatic N) is 2. The van der Waals surface area contributed by atoms with Crippen molar-refractivity contribution in [1.29, 1.82) is 0 Å². The summed E-state index contributed by atoms with van der Waals surface area (Å²) in [5.41, 5.74) is 1.59. The fourth-order valence-electron chi connectivity index (χ4n) is 1.08. The highest BCUT2D eigenvalue weighted by Crippen LogP contribution is 2.31. The third-order valence-corrected chi connectivity index (χ3v) is 3.32. The van der Waals surface area contributed by atoms with Crippen LogP contribution in [0.25, 0.3) is 0 Å². The summed E-state index contributed by atoms with van der Waals surface area (Å²) in [6, 6.07) is 1.81. The molecule has 0 radical (unpaired) electrons. The molecule has 0 spiro atoms. The van der Waals surface area contributed by atoms with E-state index < -0.39 is 0 Å². The lowest BCUT2D eigenvalue weighted by atomic mass is 10.2. The van der Waals surface area contributed by atoms with E-state index in [0.29, 0.717) is 5.69 Å². The average Bonchev–Trinajstić information content (AvgIpc) is 2.16. The molecule has 0 aliphatic heterocycles. The normalized spacial score (nSPS) is 11.8. The van der Waals surface area contributed by atoms with Crippen molar-refractivity contribution >= 4 is 11.8 Å². The molecule has 0 unspecified atom stereocenters. The first-order valence-electron chi connectivity index (χ1n) is 4.50. The van der Waals surface area contributed by atoms with Crippen molar-refractivity contribution in [3.8, 4) is 0 Å². The van der Waals surface area contributed by atoms with Gasteiger partial charge in [0.25, 0.3) is 0 Å². The minimum Gasteiger partial charge on any atom is -0.390 e. The summed E-state index contributed by atoms with van der Waals surface area (Å²) in [7, 11) is 0. The van der Waals surface area contributed by atoms with Crippen molar-refractivity contribution in [1.82, 2.24) is 9.97 Å². The molecule has 3 nitrogen and oxygen atoms in total. The van der Waals surface area contributed by atoms with Crippen molar-refractivity contribution in [2.75, 3.05) is 6.26 Å². The molecular formula is C10H16N2OS. The lowest BCUT2D eigenvalue weighted by Gasteiger charge is -2.20. The van der Waals surface area contributed by atoms with Gasteiger partial charge in [-0.25, -0.2) is 9.97 Å². The van der Waals surface area contributed by atoms with E-state index in [9.17, 15) is 0 Å². The van der Waals surface area contributed by atoms with Crippen molar-refractivity contribution in [2.24, 2.45) is 0 Å². The Kier molecular flexibility index (Phi) is 3.50. The first-order chi connectivity index (χ1) is 6.49. The quantitative estimate of drug-likeness (QED) is 0.831. The number of aliphatic hydroxyl groups excluding tert-OH is 1. The summed E-state index contributed by atoms with van der Waals surface area (Å²) >= 11 is 1.70. The molecule has 1 heterocycles. The van der Waals surface area contributed by atoms with E-state index in [2.05, 4.69) is 23.8 Å². The molecule has 1 aromatic rings. The van der Waals surface area contributed by atoms with Gasteiger partial charge < -0.3 is 5.11 Å². The number of aryl methyl sites for hydroxylation is 1. The predicted molar refractivity (Wildman–Crippen MR) is 59.2 cm³/mol. The highest BCUT2D eigenvalue weighted by Gasteiger charge is 2.23. The molecule has 0 fully saturated rings. The minimum atomic E-state index is -0.101. The molecule has 14 heavy (non-hydrogen) atoms. The van der Waals surface area contributed by atoms with Crippen LogP contribution in [-0.4, -0.2) is 21.3 Å². The first kappa shape index (κ1) is 11.5. The average molecular weight is 212 g/mol. The monoisotopic (exact) mass is 212 g/mol. The summed E-state index contributed by atoms with van der Waals surface area (Å²) in [6.07, 6.45) is 2.03. The summed E-state index contributed by atoms with van der Waals surface area (Å²) in [4.78, 5) is 8.69. The molecule has 1 aromatic heterocycles. The lowest BCUT2D eigenvalue weighted by molar-refractivity contribution is 0.275. The Balaban J connectivity index is 3.15. The van der Waals surface area contributed by atoms with Crippen LogP contribution in [0, 0.1) is 6.92 Å². The van der Waals surface area contributed by atoms with E-state index in [1.54, 1.807) is 17.8 Å². The molecule has 0 aliphatic rings. The molecule has 0 saturated heterocycles. The van der Waals surface area contributed by atoms with E-state index >= 15 is 0 Å². The molecular weight excluding hydrogens is 196 g/mol. The van der Waals surface area contributed by atoms with Crippen LogP contribution in [0.3, 0.4) is 0 Å². The summed E-state index contributed by atoms with van der Waals surface area (Å²) < 4.78 is -0.101. The molecule has 0 bridgehead atoms. The van der Waals surface area contributed by atoms with Gasteiger partial charge in [-0.05, 0) is 33.1 Å². The van der Waals surface area contributed by atoms with Gasteiger partial charge in [-0.15, -0.1) is 0 Å². The van der Waals surface area contributed by atoms with Gasteiger partial charge in [0.1, 0.15) is 5.82 Å². The number of aliphatic hydroxyl groups is 1. The molecule has 78 valence electrons. The minimum absolute atomic E-state index is 0.0270. The maximum atomic E-state index is 9.03. The van der Waals surface area contributed by atoms with E-state index in [1.807, 2.05) is 13.2 Å². The predicted octanol–water partition coefficient (Wildman–Crippen LogP) is 1.88. The van der Waals surface area contributed by atoms with Crippen LogP contribution in [-0.2, 0) is 11.4 Å². The van der Waals surface area contributed by atoms with Gasteiger partial charge in [0, 0.05) is 5.69 Å². The van der Waals surface area contributed by atoms with E-state index in [1.165, 1.54) is 0 Å². The molecule has 0 aromatic carbocycles. The number of thioether (sulfide) groups is 1. The van der Waals surface area contributed by atoms with Crippen molar-refractivity contribution < 1.29 is 5.11 Å². The zero-order chi connectivity index (χ0) is 10.8. The number of rotatable bonds is 3. The smallest absolute Gasteiger partial charge is 0.144 e. The SMILES string of the molecule is CSC(C)(C)c1nc(C)cc(CO)n1. The number of aromatic nitrogens is 2. The Bertz CT molecular complexity index is 326. The van der Waals surface area contributed by atoms with E-state index in [-0.39, 0.29) is 11.4 Å². The molecule has 0 atom stereocenters. The largest absolute Gasteiger partial charge is 0.390 e. The van der Waals surface area contributed by atoms with Crippen LogP contribution in [0.2, 0.25) is 0 Å². The summed E-state index contributed by atoms with van der Waals surface area (Å²) in [5.74, 6) is 0.786. The Morgan fingerprint density at radius 2 is 2.07 bits per heavy atom. The van der Waals surface area contributed by atoms with Gasteiger partial charge >= 0.3 is 0 Å². The fourth-order valence-corrected chi connectivity index (χ4v) is 1.35. The molecule has 1 N–H and O–H groups in total. The van der Waals surface area contributed by atoms with Crippen LogP contribution >= 0.6 is 11.8 Å². The Morgan fingerprint density at radius 1 is 1.43 bits per heavy atom. The van der Waals surface area contributed by atoms with Crippen LogP contribution in [0.15, 0.2) is 6.07 Å². The Labute approximate surface area is 89.0 Å².